The zero-order valence-corrected chi connectivity index (χ0v) is 18.2. The maximum Gasteiger partial charge on any atom is 0.115 e. The molecule has 0 aliphatic carbocycles. The molecule has 0 bridgehead atoms. The Morgan fingerprint density at radius 3 is 2.25 bits per heavy atom. The first-order valence-electron chi connectivity index (χ1n) is 10.6. The molecule has 0 aliphatic heterocycles. The highest BCUT2D eigenvalue weighted by molar-refractivity contribution is 7.10. The van der Waals surface area contributed by atoms with Crippen LogP contribution in [0.25, 0.3) is 11.3 Å². The van der Waals surface area contributed by atoms with Gasteiger partial charge in [0.25, 0.3) is 0 Å². The summed E-state index contributed by atoms with van der Waals surface area (Å²) in [7, 11) is 0. The van der Waals surface area contributed by atoms with E-state index in [0.29, 0.717) is 0 Å². The lowest BCUT2D eigenvalue weighted by atomic mass is 10.0. The standard InChI is InChI=1S/C25H32N2S/c1-4-7-8-20-11-15-22(16-12-20)24(26-17-5-2)25-27-23(18-28-25)21-13-9-19(6-3)10-14-21/h9-16,18,24,26H,4-8,17H2,1-3H3. The first-order chi connectivity index (χ1) is 13.7. The predicted octanol–water partition coefficient (Wildman–Crippen LogP) is 6.80. The molecule has 28 heavy (non-hydrogen) atoms. The van der Waals surface area contributed by atoms with E-state index in [2.05, 4.69) is 80.0 Å². The van der Waals surface area contributed by atoms with Gasteiger partial charge in [-0.15, -0.1) is 11.3 Å². The predicted molar refractivity (Wildman–Crippen MR) is 122 cm³/mol. The van der Waals surface area contributed by atoms with E-state index in [9.17, 15) is 0 Å². The highest BCUT2D eigenvalue weighted by atomic mass is 32.1. The van der Waals surface area contributed by atoms with E-state index < -0.39 is 0 Å². The van der Waals surface area contributed by atoms with Crippen LogP contribution in [0.1, 0.15) is 67.8 Å². The fourth-order valence-corrected chi connectivity index (χ4v) is 4.29. The minimum Gasteiger partial charge on any atom is -0.304 e. The molecule has 0 radical (unpaired) electrons. The van der Waals surface area contributed by atoms with Crippen molar-refractivity contribution in [2.45, 2.75) is 58.9 Å². The summed E-state index contributed by atoms with van der Waals surface area (Å²) in [4.78, 5) is 4.99. The molecule has 1 N–H and O–H groups in total. The van der Waals surface area contributed by atoms with Gasteiger partial charge in [-0.25, -0.2) is 4.98 Å². The number of hydrogen-bond donors (Lipinski definition) is 1. The van der Waals surface area contributed by atoms with Gasteiger partial charge in [0.15, 0.2) is 0 Å². The Hall–Kier alpha value is -1.97. The number of thiazole rings is 1. The van der Waals surface area contributed by atoms with E-state index in [1.54, 1.807) is 11.3 Å². The molecule has 0 aliphatic rings. The number of aryl methyl sites for hydroxylation is 2. The second-order valence-electron chi connectivity index (χ2n) is 7.35. The summed E-state index contributed by atoms with van der Waals surface area (Å²) >= 11 is 1.75. The van der Waals surface area contributed by atoms with Crippen LogP contribution in [0, 0.1) is 0 Å². The molecule has 0 saturated heterocycles. The van der Waals surface area contributed by atoms with Crippen LogP contribution in [-0.4, -0.2) is 11.5 Å². The molecule has 1 unspecified atom stereocenters. The van der Waals surface area contributed by atoms with Crippen molar-refractivity contribution in [2.24, 2.45) is 0 Å². The lowest BCUT2D eigenvalue weighted by Crippen LogP contribution is -2.23. The average molecular weight is 393 g/mol. The molecule has 3 aromatic rings. The van der Waals surface area contributed by atoms with Gasteiger partial charge in [0.05, 0.1) is 11.7 Å². The molecule has 0 fully saturated rings. The zero-order valence-electron chi connectivity index (χ0n) is 17.4. The summed E-state index contributed by atoms with van der Waals surface area (Å²) in [5.41, 5.74) is 6.37. The number of nitrogens with one attached hydrogen (secondary N) is 1. The third-order valence-electron chi connectivity index (χ3n) is 5.16. The van der Waals surface area contributed by atoms with Crippen molar-refractivity contribution in [3.63, 3.8) is 0 Å². The van der Waals surface area contributed by atoms with Gasteiger partial charge in [-0.2, -0.15) is 0 Å². The Bertz CT molecular complexity index is 834. The summed E-state index contributed by atoms with van der Waals surface area (Å²) in [6.45, 7) is 7.63. The van der Waals surface area contributed by atoms with Crippen LogP contribution in [0.15, 0.2) is 53.9 Å². The third-order valence-corrected chi connectivity index (χ3v) is 6.07. The Labute approximate surface area is 174 Å². The molecule has 2 nitrogen and oxygen atoms in total. The van der Waals surface area contributed by atoms with Crippen LogP contribution in [0.5, 0.6) is 0 Å². The van der Waals surface area contributed by atoms with Crippen molar-refractivity contribution >= 4 is 11.3 Å². The normalized spacial score (nSPS) is 12.2. The zero-order chi connectivity index (χ0) is 19.8. The quantitative estimate of drug-likeness (QED) is 0.410. The number of benzene rings is 2. The number of nitrogens with zero attached hydrogens (tertiary/aromatic N) is 1. The highest BCUT2D eigenvalue weighted by Crippen LogP contribution is 2.30. The van der Waals surface area contributed by atoms with E-state index in [1.807, 2.05) is 0 Å². The van der Waals surface area contributed by atoms with Crippen LogP contribution in [0.2, 0.25) is 0 Å². The first-order valence-corrected chi connectivity index (χ1v) is 11.5. The number of unbranched alkanes of at least 4 members (excludes halogenated alkanes) is 1. The van der Waals surface area contributed by atoms with Crippen molar-refractivity contribution in [1.82, 2.24) is 10.3 Å². The highest BCUT2D eigenvalue weighted by Gasteiger charge is 2.18. The Balaban J connectivity index is 1.82. The largest absolute Gasteiger partial charge is 0.304 e. The Morgan fingerprint density at radius 1 is 0.893 bits per heavy atom. The summed E-state index contributed by atoms with van der Waals surface area (Å²) in [5, 5.41) is 7.03. The van der Waals surface area contributed by atoms with Crippen LogP contribution in [-0.2, 0) is 12.8 Å². The van der Waals surface area contributed by atoms with E-state index in [1.165, 1.54) is 41.5 Å². The minimum absolute atomic E-state index is 0.161. The summed E-state index contributed by atoms with van der Waals surface area (Å²) in [6.07, 6.45) is 5.84. The second kappa shape index (κ2) is 10.5. The Morgan fingerprint density at radius 2 is 1.61 bits per heavy atom. The van der Waals surface area contributed by atoms with Crippen LogP contribution < -0.4 is 5.32 Å². The molecular formula is C25H32N2S. The monoisotopic (exact) mass is 392 g/mol. The van der Waals surface area contributed by atoms with Crippen LogP contribution >= 0.6 is 11.3 Å². The molecule has 1 aromatic heterocycles. The molecule has 0 spiro atoms. The lowest BCUT2D eigenvalue weighted by molar-refractivity contribution is 0.596. The van der Waals surface area contributed by atoms with Gasteiger partial charge in [-0.1, -0.05) is 75.7 Å². The van der Waals surface area contributed by atoms with Gasteiger partial charge >= 0.3 is 0 Å². The maximum absolute atomic E-state index is 4.99. The van der Waals surface area contributed by atoms with Gasteiger partial charge in [0.1, 0.15) is 5.01 Å². The number of aromatic nitrogens is 1. The summed E-state index contributed by atoms with van der Waals surface area (Å²) < 4.78 is 0. The third kappa shape index (κ3) is 5.30. The molecule has 148 valence electrons. The number of rotatable bonds is 10. The van der Waals surface area contributed by atoms with Gasteiger partial charge in [0, 0.05) is 10.9 Å². The van der Waals surface area contributed by atoms with Crippen LogP contribution in [0.4, 0.5) is 0 Å². The molecule has 2 aromatic carbocycles. The van der Waals surface area contributed by atoms with Crippen LogP contribution in [0.3, 0.4) is 0 Å². The molecule has 1 heterocycles. The molecular weight excluding hydrogens is 360 g/mol. The first kappa shape index (κ1) is 20.8. The lowest BCUT2D eigenvalue weighted by Gasteiger charge is -2.17. The van der Waals surface area contributed by atoms with E-state index >= 15 is 0 Å². The van der Waals surface area contributed by atoms with E-state index in [4.69, 9.17) is 4.98 Å². The van der Waals surface area contributed by atoms with Crippen molar-refractivity contribution in [3.05, 3.63) is 75.6 Å². The van der Waals surface area contributed by atoms with Crippen molar-refractivity contribution in [1.29, 1.82) is 0 Å². The fourth-order valence-electron chi connectivity index (χ4n) is 3.36. The molecule has 3 rings (SSSR count). The van der Waals surface area contributed by atoms with Crippen molar-refractivity contribution < 1.29 is 0 Å². The minimum atomic E-state index is 0.161. The van der Waals surface area contributed by atoms with Gasteiger partial charge < -0.3 is 5.32 Å². The van der Waals surface area contributed by atoms with Gasteiger partial charge in [-0.3, -0.25) is 0 Å². The van der Waals surface area contributed by atoms with Gasteiger partial charge in [-0.05, 0) is 48.9 Å². The fraction of sp³-hybridized carbons (Fsp3) is 0.400. The second-order valence-corrected chi connectivity index (χ2v) is 8.24. The van der Waals surface area contributed by atoms with Crippen molar-refractivity contribution in [3.8, 4) is 11.3 Å². The Kier molecular flexibility index (Phi) is 7.81. The number of hydrogen-bond acceptors (Lipinski definition) is 3. The van der Waals surface area contributed by atoms with Gasteiger partial charge in [0.2, 0.25) is 0 Å². The molecule has 0 saturated carbocycles. The maximum atomic E-state index is 4.99. The molecule has 0 amide bonds. The topological polar surface area (TPSA) is 24.9 Å². The smallest absolute Gasteiger partial charge is 0.115 e. The van der Waals surface area contributed by atoms with Crippen molar-refractivity contribution in [2.75, 3.05) is 6.54 Å². The van der Waals surface area contributed by atoms with E-state index in [-0.39, 0.29) is 6.04 Å². The molecule has 3 heteroatoms. The summed E-state index contributed by atoms with van der Waals surface area (Å²) in [5.74, 6) is 0. The molecule has 1 atom stereocenters. The van der Waals surface area contributed by atoms with E-state index in [0.717, 1.165) is 30.1 Å². The SMILES string of the molecule is CCCCc1ccc(C(NCCC)c2nc(-c3ccc(CC)cc3)cs2)cc1. The summed E-state index contributed by atoms with van der Waals surface area (Å²) in [6, 6.07) is 18.1. The average Bonchev–Trinajstić information content (AvgIpc) is 3.23.